The number of benzene rings is 1. The number of hydrogen-bond acceptors (Lipinski definition) is 3. The van der Waals surface area contributed by atoms with Crippen LogP contribution < -0.4 is 10.2 Å². The van der Waals surface area contributed by atoms with Gasteiger partial charge in [-0.25, -0.2) is 8.78 Å². The predicted molar refractivity (Wildman–Crippen MR) is 60.8 cm³/mol. The van der Waals surface area contributed by atoms with Gasteiger partial charge in [0.2, 0.25) is 0 Å². The van der Waals surface area contributed by atoms with Gasteiger partial charge in [-0.2, -0.15) is 5.26 Å². The first-order valence-corrected chi connectivity index (χ1v) is 5.50. The average Bonchev–Trinajstić information content (AvgIpc) is 2.30. The van der Waals surface area contributed by atoms with Gasteiger partial charge in [0.25, 0.3) is 0 Å². The molecule has 17 heavy (non-hydrogen) atoms. The van der Waals surface area contributed by atoms with Crippen molar-refractivity contribution in [1.82, 2.24) is 5.32 Å². The first-order chi connectivity index (χ1) is 8.13. The van der Waals surface area contributed by atoms with Crippen molar-refractivity contribution in [3.8, 4) is 6.07 Å². The van der Waals surface area contributed by atoms with E-state index < -0.39 is 11.6 Å². The maximum Gasteiger partial charge on any atom is 0.150 e. The topological polar surface area (TPSA) is 39.1 Å². The second-order valence-electron chi connectivity index (χ2n) is 4.15. The van der Waals surface area contributed by atoms with E-state index >= 15 is 0 Å². The molecule has 1 aromatic carbocycles. The normalized spacial score (nSPS) is 20.1. The molecule has 0 aliphatic carbocycles. The lowest BCUT2D eigenvalue weighted by Crippen LogP contribution is -2.50. The van der Waals surface area contributed by atoms with Crippen molar-refractivity contribution in [3.05, 3.63) is 29.3 Å². The fourth-order valence-electron chi connectivity index (χ4n) is 2.08. The van der Waals surface area contributed by atoms with Crippen LogP contribution in [0.2, 0.25) is 0 Å². The van der Waals surface area contributed by atoms with Crippen LogP contribution in [-0.4, -0.2) is 25.7 Å². The Labute approximate surface area is 98.6 Å². The molecule has 0 amide bonds. The number of anilines is 1. The van der Waals surface area contributed by atoms with Crippen LogP contribution in [0.3, 0.4) is 0 Å². The fraction of sp³-hybridized carbons (Fsp3) is 0.417. The zero-order valence-electron chi connectivity index (χ0n) is 9.50. The molecule has 0 radical (unpaired) electrons. The molecule has 0 bridgehead atoms. The van der Waals surface area contributed by atoms with E-state index in [1.54, 1.807) is 11.0 Å². The molecule has 1 aliphatic rings. The number of nitriles is 1. The van der Waals surface area contributed by atoms with Crippen LogP contribution in [-0.2, 0) is 0 Å². The van der Waals surface area contributed by atoms with E-state index in [9.17, 15) is 8.78 Å². The van der Waals surface area contributed by atoms with Crippen molar-refractivity contribution in [3.63, 3.8) is 0 Å². The Hall–Kier alpha value is -1.67. The summed E-state index contributed by atoms with van der Waals surface area (Å²) in [6, 6.07) is 3.92. The van der Waals surface area contributed by atoms with Crippen molar-refractivity contribution in [2.45, 2.75) is 13.0 Å². The van der Waals surface area contributed by atoms with Gasteiger partial charge in [0.15, 0.2) is 11.6 Å². The molecule has 0 spiro atoms. The molecule has 1 unspecified atom stereocenters. The fourth-order valence-corrected chi connectivity index (χ4v) is 2.08. The van der Waals surface area contributed by atoms with Crippen LogP contribution in [0.1, 0.15) is 12.5 Å². The molecule has 1 aromatic rings. The molecular weight excluding hydrogens is 224 g/mol. The second kappa shape index (κ2) is 4.68. The SMILES string of the molecule is CC1CNCCN1c1c(F)cc(C#N)cc1F. The number of nitrogens with one attached hydrogen (secondary N) is 1. The van der Waals surface area contributed by atoms with Crippen LogP contribution in [0.5, 0.6) is 0 Å². The monoisotopic (exact) mass is 237 g/mol. The van der Waals surface area contributed by atoms with Crippen LogP contribution in [0.25, 0.3) is 0 Å². The van der Waals surface area contributed by atoms with Gasteiger partial charge in [-0.3, -0.25) is 0 Å². The van der Waals surface area contributed by atoms with E-state index in [0.717, 1.165) is 12.1 Å². The molecule has 1 aliphatic heterocycles. The largest absolute Gasteiger partial charge is 0.362 e. The third-order valence-electron chi connectivity index (χ3n) is 2.93. The third kappa shape index (κ3) is 2.22. The number of hydrogen-bond donors (Lipinski definition) is 1. The van der Waals surface area contributed by atoms with Crippen molar-refractivity contribution in [1.29, 1.82) is 5.26 Å². The number of halogens is 2. The molecule has 0 aromatic heterocycles. The summed E-state index contributed by atoms with van der Waals surface area (Å²) in [5.74, 6) is -1.34. The maximum atomic E-state index is 13.8. The van der Waals surface area contributed by atoms with E-state index in [-0.39, 0.29) is 17.3 Å². The Morgan fingerprint density at radius 3 is 2.59 bits per heavy atom. The van der Waals surface area contributed by atoms with Crippen LogP contribution in [0.4, 0.5) is 14.5 Å². The summed E-state index contributed by atoms with van der Waals surface area (Å²) in [6.45, 7) is 3.85. The van der Waals surface area contributed by atoms with E-state index in [1.165, 1.54) is 0 Å². The van der Waals surface area contributed by atoms with E-state index in [1.807, 2.05) is 6.92 Å². The van der Waals surface area contributed by atoms with Gasteiger partial charge in [-0.05, 0) is 19.1 Å². The highest BCUT2D eigenvalue weighted by molar-refractivity contribution is 5.53. The molecule has 3 nitrogen and oxygen atoms in total. The summed E-state index contributed by atoms with van der Waals surface area (Å²) in [7, 11) is 0. The summed E-state index contributed by atoms with van der Waals surface area (Å²) in [4.78, 5) is 1.70. The molecule has 5 heteroatoms. The van der Waals surface area contributed by atoms with Gasteiger partial charge in [-0.1, -0.05) is 0 Å². The summed E-state index contributed by atoms with van der Waals surface area (Å²) >= 11 is 0. The molecule has 0 saturated carbocycles. The number of piperazine rings is 1. The summed E-state index contributed by atoms with van der Waals surface area (Å²) in [5, 5.41) is 11.8. The quantitative estimate of drug-likeness (QED) is 0.807. The minimum absolute atomic E-state index is 0.00605. The third-order valence-corrected chi connectivity index (χ3v) is 2.93. The van der Waals surface area contributed by atoms with Crippen LogP contribution >= 0.6 is 0 Å². The highest BCUT2D eigenvalue weighted by atomic mass is 19.1. The van der Waals surface area contributed by atoms with Gasteiger partial charge >= 0.3 is 0 Å². The zero-order chi connectivity index (χ0) is 12.4. The van der Waals surface area contributed by atoms with Gasteiger partial charge < -0.3 is 10.2 Å². The molecule has 1 heterocycles. The minimum atomic E-state index is -0.671. The van der Waals surface area contributed by atoms with E-state index in [4.69, 9.17) is 5.26 Å². The molecule has 90 valence electrons. The standard InChI is InChI=1S/C12H13F2N3/c1-8-7-16-2-3-17(8)12-10(13)4-9(6-15)5-11(12)14/h4-5,8,16H,2-3,7H2,1H3. The Morgan fingerprint density at radius 1 is 1.41 bits per heavy atom. The highest BCUT2D eigenvalue weighted by Gasteiger charge is 2.24. The second-order valence-corrected chi connectivity index (χ2v) is 4.15. The molecule has 1 N–H and O–H groups in total. The van der Waals surface area contributed by atoms with Gasteiger partial charge in [-0.15, -0.1) is 0 Å². The molecule has 1 atom stereocenters. The zero-order valence-corrected chi connectivity index (χ0v) is 9.50. The lowest BCUT2D eigenvalue weighted by Gasteiger charge is -2.36. The molecule has 1 fully saturated rings. The lowest BCUT2D eigenvalue weighted by molar-refractivity contribution is 0.477. The van der Waals surface area contributed by atoms with Crippen molar-refractivity contribution in [2.24, 2.45) is 0 Å². The Morgan fingerprint density at radius 2 is 2.06 bits per heavy atom. The van der Waals surface area contributed by atoms with Gasteiger partial charge in [0.1, 0.15) is 5.69 Å². The number of nitrogens with zero attached hydrogens (tertiary/aromatic N) is 2. The van der Waals surface area contributed by atoms with Gasteiger partial charge in [0, 0.05) is 25.7 Å². The average molecular weight is 237 g/mol. The molecule has 1 saturated heterocycles. The summed E-state index contributed by atoms with van der Waals surface area (Å²) in [5.41, 5.74) is -0.0236. The Balaban J connectivity index is 2.41. The van der Waals surface area contributed by atoms with Crippen molar-refractivity contribution < 1.29 is 8.78 Å². The maximum absolute atomic E-state index is 13.8. The molecular formula is C12H13F2N3. The number of rotatable bonds is 1. The van der Waals surface area contributed by atoms with Gasteiger partial charge in [0.05, 0.1) is 11.6 Å². The van der Waals surface area contributed by atoms with E-state index in [2.05, 4.69) is 5.32 Å². The minimum Gasteiger partial charge on any atom is -0.362 e. The molecule has 2 rings (SSSR count). The van der Waals surface area contributed by atoms with Crippen LogP contribution in [0, 0.1) is 23.0 Å². The van der Waals surface area contributed by atoms with Crippen molar-refractivity contribution in [2.75, 3.05) is 24.5 Å². The smallest absolute Gasteiger partial charge is 0.150 e. The van der Waals surface area contributed by atoms with Crippen LogP contribution in [0.15, 0.2) is 12.1 Å². The van der Waals surface area contributed by atoms with Crippen molar-refractivity contribution >= 4 is 5.69 Å². The lowest BCUT2D eigenvalue weighted by atomic mass is 10.1. The Bertz CT molecular complexity index is 444. The predicted octanol–water partition coefficient (Wildman–Crippen LogP) is 1.63. The summed E-state index contributed by atoms with van der Waals surface area (Å²) < 4.78 is 27.6. The first kappa shape index (κ1) is 11.8. The summed E-state index contributed by atoms with van der Waals surface area (Å²) in [6.07, 6.45) is 0. The van der Waals surface area contributed by atoms with E-state index in [0.29, 0.717) is 19.6 Å². The Kier molecular flexibility index (Phi) is 3.25. The first-order valence-electron chi connectivity index (χ1n) is 5.50. The highest BCUT2D eigenvalue weighted by Crippen LogP contribution is 2.27.